The van der Waals surface area contributed by atoms with Gasteiger partial charge in [0.1, 0.15) is 11.5 Å². The third-order valence-electron chi connectivity index (χ3n) is 4.32. The first-order valence-electron chi connectivity index (χ1n) is 7.90. The van der Waals surface area contributed by atoms with Crippen LogP contribution in [0.15, 0.2) is 40.9 Å². The Morgan fingerprint density at radius 2 is 1.69 bits per heavy atom. The summed E-state index contributed by atoms with van der Waals surface area (Å²) in [6.45, 7) is 1.94. The molecule has 1 amide bonds. The van der Waals surface area contributed by atoms with Gasteiger partial charge in [-0.2, -0.15) is 0 Å². The molecule has 1 aliphatic rings. The minimum atomic E-state index is -0.828. The van der Waals surface area contributed by atoms with Crippen LogP contribution in [0.3, 0.4) is 0 Å². The highest BCUT2D eigenvalue weighted by molar-refractivity contribution is 9.10. The van der Waals surface area contributed by atoms with Crippen LogP contribution in [0.4, 0.5) is 21.5 Å². The maximum Gasteiger partial charge on any atom is 0.292 e. The Kier molecular flexibility index (Phi) is 5.08. The van der Waals surface area contributed by atoms with E-state index in [1.54, 1.807) is 24.3 Å². The number of primary amides is 1. The predicted molar refractivity (Wildman–Crippen MR) is 100 cm³/mol. The van der Waals surface area contributed by atoms with Crippen molar-refractivity contribution in [2.75, 3.05) is 36.0 Å². The molecular weight excluding hydrogens is 407 g/mol. The summed E-state index contributed by atoms with van der Waals surface area (Å²) in [5, 5.41) is 11.2. The Morgan fingerprint density at radius 1 is 1.12 bits per heavy atom. The SMILES string of the molecule is NC(=O)c1c(F)cc(Br)cc1N1CCN(c2ccccc2[N+](=O)[O-])CC1. The lowest BCUT2D eigenvalue weighted by Crippen LogP contribution is -2.47. The van der Waals surface area contributed by atoms with E-state index in [-0.39, 0.29) is 11.3 Å². The van der Waals surface area contributed by atoms with Gasteiger partial charge in [0, 0.05) is 36.7 Å². The molecule has 0 aliphatic carbocycles. The zero-order valence-electron chi connectivity index (χ0n) is 13.7. The molecule has 2 N–H and O–H groups in total. The van der Waals surface area contributed by atoms with Crippen LogP contribution in [0.1, 0.15) is 10.4 Å². The fraction of sp³-hybridized carbons (Fsp3) is 0.235. The molecule has 3 rings (SSSR count). The molecule has 0 spiro atoms. The van der Waals surface area contributed by atoms with Gasteiger partial charge < -0.3 is 15.5 Å². The van der Waals surface area contributed by atoms with Crippen molar-refractivity contribution in [2.24, 2.45) is 5.73 Å². The maximum atomic E-state index is 14.2. The standard InChI is InChI=1S/C17H16BrFN4O3/c18-11-9-12(19)16(17(20)24)15(10-11)22-7-5-21(6-8-22)13-3-1-2-4-14(13)23(25)26/h1-4,9-10H,5-8H2,(H2,20,24). The second-order valence-corrected chi connectivity index (χ2v) is 6.78. The molecule has 2 aromatic carbocycles. The van der Waals surface area contributed by atoms with Gasteiger partial charge in [0.25, 0.3) is 11.6 Å². The van der Waals surface area contributed by atoms with Crippen LogP contribution in [-0.2, 0) is 0 Å². The monoisotopic (exact) mass is 422 g/mol. The highest BCUT2D eigenvalue weighted by atomic mass is 79.9. The third-order valence-corrected chi connectivity index (χ3v) is 4.78. The van der Waals surface area contributed by atoms with Crippen LogP contribution in [0.2, 0.25) is 0 Å². The van der Waals surface area contributed by atoms with Crippen LogP contribution >= 0.6 is 15.9 Å². The van der Waals surface area contributed by atoms with E-state index < -0.39 is 16.6 Å². The molecule has 2 aromatic rings. The molecule has 0 radical (unpaired) electrons. The number of benzene rings is 2. The Labute approximate surface area is 157 Å². The molecule has 7 nitrogen and oxygen atoms in total. The number of nitrogens with two attached hydrogens (primary N) is 1. The number of hydrogen-bond acceptors (Lipinski definition) is 5. The third kappa shape index (κ3) is 3.48. The first-order valence-corrected chi connectivity index (χ1v) is 8.70. The van der Waals surface area contributed by atoms with Crippen LogP contribution < -0.4 is 15.5 Å². The van der Waals surface area contributed by atoms with E-state index in [4.69, 9.17) is 5.73 Å². The predicted octanol–water partition coefficient (Wildman–Crippen LogP) is 2.92. The number of anilines is 2. The fourth-order valence-electron chi connectivity index (χ4n) is 3.13. The molecule has 136 valence electrons. The average Bonchev–Trinajstić information content (AvgIpc) is 2.60. The van der Waals surface area contributed by atoms with Crippen molar-refractivity contribution >= 4 is 38.9 Å². The first-order chi connectivity index (χ1) is 12.4. The highest BCUT2D eigenvalue weighted by Gasteiger charge is 2.26. The summed E-state index contributed by atoms with van der Waals surface area (Å²) < 4.78 is 14.7. The number of carbonyl (C=O) groups excluding carboxylic acids is 1. The second-order valence-electron chi connectivity index (χ2n) is 5.87. The number of nitrogens with zero attached hydrogens (tertiary/aromatic N) is 3. The zero-order valence-corrected chi connectivity index (χ0v) is 15.3. The first kappa shape index (κ1) is 18.1. The number of carbonyl (C=O) groups is 1. The summed E-state index contributed by atoms with van der Waals surface area (Å²) in [6.07, 6.45) is 0. The molecule has 0 aromatic heterocycles. The minimum Gasteiger partial charge on any atom is -0.367 e. The maximum absolute atomic E-state index is 14.2. The molecule has 0 atom stereocenters. The number of amides is 1. The second kappa shape index (κ2) is 7.28. The fourth-order valence-corrected chi connectivity index (χ4v) is 3.55. The summed E-state index contributed by atoms with van der Waals surface area (Å²) in [6, 6.07) is 9.42. The quantitative estimate of drug-likeness (QED) is 0.603. The summed E-state index contributed by atoms with van der Waals surface area (Å²) in [5.41, 5.74) is 6.21. The van der Waals surface area contributed by atoms with E-state index >= 15 is 0 Å². The molecule has 0 saturated carbocycles. The van der Waals surface area contributed by atoms with Gasteiger partial charge in [-0.15, -0.1) is 0 Å². The Bertz CT molecular complexity index is 869. The van der Waals surface area contributed by atoms with Gasteiger partial charge in [0.05, 0.1) is 16.2 Å². The zero-order chi connectivity index (χ0) is 18.8. The van der Waals surface area contributed by atoms with Gasteiger partial charge in [0.15, 0.2) is 0 Å². The van der Waals surface area contributed by atoms with E-state index in [9.17, 15) is 19.3 Å². The molecule has 1 saturated heterocycles. The summed E-state index contributed by atoms with van der Waals surface area (Å²) in [5.74, 6) is -1.51. The van der Waals surface area contributed by atoms with Gasteiger partial charge in [-0.3, -0.25) is 14.9 Å². The number of halogens is 2. The van der Waals surface area contributed by atoms with E-state index in [1.807, 2.05) is 9.80 Å². The van der Waals surface area contributed by atoms with Crippen molar-refractivity contribution in [3.8, 4) is 0 Å². The highest BCUT2D eigenvalue weighted by Crippen LogP contribution is 2.32. The molecule has 1 aliphatic heterocycles. The Balaban J connectivity index is 1.84. The van der Waals surface area contributed by atoms with Crippen LogP contribution in [0.5, 0.6) is 0 Å². The largest absolute Gasteiger partial charge is 0.367 e. The number of rotatable bonds is 4. The van der Waals surface area contributed by atoms with Gasteiger partial charge in [-0.05, 0) is 18.2 Å². The average molecular weight is 423 g/mol. The van der Waals surface area contributed by atoms with Crippen LogP contribution in [-0.4, -0.2) is 37.0 Å². The molecule has 0 bridgehead atoms. The number of hydrogen-bond donors (Lipinski definition) is 1. The summed E-state index contributed by atoms with van der Waals surface area (Å²) >= 11 is 3.23. The van der Waals surface area contributed by atoms with Crippen molar-refractivity contribution in [1.29, 1.82) is 0 Å². The van der Waals surface area contributed by atoms with E-state index in [1.165, 1.54) is 12.1 Å². The number of para-hydroxylation sites is 2. The summed E-state index contributed by atoms with van der Waals surface area (Å²) in [4.78, 5) is 26.2. The lowest BCUT2D eigenvalue weighted by Gasteiger charge is -2.37. The van der Waals surface area contributed by atoms with Crippen molar-refractivity contribution in [2.45, 2.75) is 0 Å². The lowest BCUT2D eigenvalue weighted by atomic mass is 10.1. The van der Waals surface area contributed by atoms with E-state index in [0.29, 0.717) is 42.0 Å². The van der Waals surface area contributed by atoms with Gasteiger partial charge >= 0.3 is 0 Å². The molecular formula is C17H16BrFN4O3. The minimum absolute atomic E-state index is 0.0484. The lowest BCUT2D eigenvalue weighted by molar-refractivity contribution is -0.384. The van der Waals surface area contributed by atoms with Gasteiger partial charge in [-0.1, -0.05) is 28.1 Å². The van der Waals surface area contributed by atoms with Crippen LogP contribution in [0.25, 0.3) is 0 Å². The molecule has 1 heterocycles. The van der Waals surface area contributed by atoms with Crippen molar-refractivity contribution in [3.63, 3.8) is 0 Å². The van der Waals surface area contributed by atoms with Crippen molar-refractivity contribution < 1.29 is 14.1 Å². The smallest absolute Gasteiger partial charge is 0.292 e. The Hall–Kier alpha value is -2.68. The van der Waals surface area contributed by atoms with E-state index in [2.05, 4.69) is 15.9 Å². The molecule has 1 fully saturated rings. The van der Waals surface area contributed by atoms with Crippen LogP contribution in [0, 0.1) is 15.9 Å². The number of nitro benzene ring substituents is 1. The molecule has 0 unspecified atom stereocenters. The topological polar surface area (TPSA) is 92.7 Å². The number of nitro groups is 1. The molecule has 9 heteroatoms. The van der Waals surface area contributed by atoms with Gasteiger partial charge in [-0.25, -0.2) is 4.39 Å². The Morgan fingerprint density at radius 3 is 2.27 bits per heavy atom. The van der Waals surface area contributed by atoms with E-state index in [0.717, 1.165) is 0 Å². The summed E-state index contributed by atoms with van der Waals surface area (Å²) in [7, 11) is 0. The van der Waals surface area contributed by atoms with Crippen molar-refractivity contribution in [3.05, 3.63) is 62.4 Å². The molecule has 26 heavy (non-hydrogen) atoms. The van der Waals surface area contributed by atoms with Crippen molar-refractivity contribution in [1.82, 2.24) is 0 Å². The van der Waals surface area contributed by atoms with Gasteiger partial charge in [0.2, 0.25) is 0 Å². The normalized spacial score (nSPS) is 14.4. The number of piperazine rings is 1.